The molecule has 3 amide bonds. The molecule has 0 atom stereocenters. The zero-order chi connectivity index (χ0) is 19.7. The van der Waals surface area contributed by atoms with E-state index < -0.39 is 0 Å². The molecule has 144 valence electrons. The van der Waals surface area contributed by atoms with Crippen LogP contribution < -0.4 is 20.9 Å². The predicted molar refractivity (Wildman–Crippen MR) is 108 cm³/mol. The fraction of sp³-hybridized carbons (Fsp3) is 0.286. The number of hydrogen-bond donors (Lipinski definition) is 3. The van der Waals surface area contributed by atoms with Crippen LogP contribution in [0.4, 0.5) is 17.1 Å². The van der Waals surface area contributed by atoms with Gasteiger partial charge in [-0.3, -0.25) is 14.4 Å². The zero-order valence-electron chi connectivity index (χ0n) is 15.6. The summed E-state index contributed by atoms with van der Waals surface area (Å²) in [5, 5.41) is 8.60. The molecule has 7 nitrogen and oxygen atoms in total. The maximum absolute atomic E-state index is 12.7. The Balaban J connectivity index is 1.51. The summed E-state index contributed by atoms with van der Waals surface area (Å²) in [6.45, 7) is 0.625. The van der Waals surface area contributed by atoms with Gasteiger partial charge < -0.3 is 20.9 Å². The monoisotopic (exact) mass is 378 g/mol. The summed E-state index contributed by atoms with van der Waals surface area (Å²) >= 11 is 0. The minimum Gasteiger partial charge on any atom is -0.372 e. The maximum atomic E-state index is 12.7. The molecule has 0 aromatic heterocycles. The van der Waals surface area contributed by atoms with Crippen LogP contribution in [0.1, 0.15) is 40.0 Å². The van der Waals surface area contributed by atoms with Crippen molar-refractivity contribution in [3.63, 3.8) is 0 Å². The van der Waals surface area contributed by atoms with Gasteiger partial charge in [0.2, 0.25) is 5.91 Å². The number of benzene rings is 2. The molecule has 7 heteroatoms. The highest BCUT2D eigenvalue weighted by molar-refractivity contribution is 6.07. The first-order valence-electron chi connectivity index (χ1n) is 9.37. The number of rotatable bonds is 4. The summed E-state index contributed by atoms with van der Waals surface area (Å²) in [5.74, 6) is -0.504. The number of hydrogen-bond acceptors (Lipinski definition) is 4. The minimum absolute atomic E-state index is 0.0717. The number of fused-ring (bicyclic) bond motifs is 1. The molecule has 0 spiro atoms. The number of nitrogens with zero attached hydrogens (tertiary/aromatic N) is 1. The SMILES string of the molecule is CN1CCC(=O)Nc2cc(C(=O)Nc3cccc(C(=O)NC4CC4)c3)ccc21. The molecular weight excluding hydrogens is 356 g/mol. The predicted octanol–water partition coefficient (Wildman–Crippen LogP) is 2.61. The largest absolute Gasteiger partial charge is 0.372 e. The summed E-state index contributed by atoms with van der Waals surface area (Å²) in [6, 6.07) is 12.4. The standard InChI is InChI=1S/C21H22N4O3/c1-25-10-9-19(26)24-17-12-14(5-8-18(17)25)21(28)23-16-4-2-3-13(11-16)20(27)22-15-6-7-15/h2-5,8,11-12,15H,6-7,9-10H2,1H3,(H,22,27)(H,23,28)(H,24,26). The lowest BCUT2D eigenvalue weighted by atomic mass is 10.1. The van der Waals surface area contributed by atoms with Gasteiger partial charge in [-0.1, -0.05) is 6.07 Å². The molecule has 3 N–H and O–H groups in total. The van der Waals surface area contributed by atoms with Crippen molar-refractivity contribution in [1.82, 2.24) is 5.32 Å². The third kappa shape index (κ3) is 3.98. The molecule has 2 aromatic rings. The summed E-state index contributed by atoms with van der Waals surface area (Å²) in [6.07, 6.45) is 2.45. The molecular formula is C21H22N4O3. The van der Waals surface area contributed by atoms with Gasteiger partial charge in [0.1, 0.15) is 0 Å². The number of nitrogens with one attached hydrogen (secondary N) is 3. The summed E-state index contributed by atoms with van der Waals surface area (Å²) < 4.78 is 0. The Morgan fingerprint density at radius 1 is 1.07 bits per heavy atom. The second-order valence-electron chi connectivity index (χ2n) is 7.23. The first-order chi connectivity index (χ1) is 13.5. The van der Waals surface area contributed by atoms with Crippen molar-refractivity contribution in [2.45, 2.75) is 25.3 Å². The lowest BCUT2D eigenvalue weighted by molar-refractivity contribution is -0.115. The number of amides is 3. The van der Waals surface area contributed by atoms with E-state index in [0.29, 0.717) is 35.5 Å². The molecule has 0 radical (unpaired) electrons. The van der Waals surface area contributed by atoms with E-state index in [9.17, 15) is 14.4 Å². The van der Waals surface area contributed by atoms with Crippen molar-refractivity contribution in [2.75, 3.05) is 29.1 Å². The smallest absolute Gasteiger partial charge is 0.255 e. The second-order valence-corrected chi connectivity index (χ2v) is 7.23. The lowest BCUT2D eigenvalue weighted by Crippen LogP contribution is -2.25. The van der Waals surface area contributed by atoms with E-state index in [1.807, 2.05) is 18.0 Å². The van der Waals surface area contributed by atoms with Gasteiger partial charge in [0.15, 0.2) is 0 Å². The normalized spacial score (nSPS) is 15.9. The van der Waals surface area contributed by atoms with E-state index in [2.05, 4.69) is 16.0 Å². The van der Waals surface area contributed by atoms with Crippen molar-refractivity contribution in [3.8, 4) is 0 Å². The quantitative estimate of drug-likeness (QED) is 0.763. The van der Waals surface area contributed by atoms with Crippen LogP contribution in [-0.4, -0.2) is 37.4 Å². The molecule has 1 saturated carbocycles. The van der Waals surface area contributed by atoms with Gasteiger partial charge in [-0.05, 0) is 49.2 Å². The van der Waals surface area contributed by atoms with Gasteiger partial charge in [0, 0.05) is 42.9 Å². The van der Waals surface area contributed by atoms with Gasteiger partial charge in [-0.25, -0.2) is 0 Å². The van der Waals surface area contributed by atoms with Crippen LogP contribution in [0.3, 0.4) is 0 Å². The number of carbonyl (C=O) groups excluding carboxylic acids is 3. The Hall–Kier alpha value is -3.35. The summed E-state index contributed by atoms with van der Waals surface area (Å²) in [7, 11) is 1.91. The number of anilines is 3. The van der Waals surface area contributed by atoms with E-state index in [1.165, 1.54) is 0 Å². The molecule has 1 heterocycles. The molecule has 28 heavy (non-hydrogen) atoms. The highest BCUT2D eigenvalue weighted by atomic mass is 16.2. The Labute approximate surface area is 163 Å². The average molecular weight is 378 g/mol. The van der Waals surface area contributed by atoms with Crippen molar-refractivity contribution in [2.24, 2.45) is 0 Å². The van der Waals surface area contributed by atoms with Crippen LogP contribution in [0.25, 0.3) is 0 Å². The third-order valence-corrected chi connectivity index (χ3v) is 4.91. The Kier molecular flexibility index (Phi) is 4.73. The maximum Gasteiger partial charge on any atom is 0.255 e. The van der Waals surface area contributed by atoms with Gasteiger partial charge >= 0.3 is 0 Å². The van der Waals surface area contributed by atoms with Gasteiger partial charge in [-0.2, -0.15) is 0 Å². The highest BCUT2D eigenvalue weighted by Crippen LogP contribution is 2.29. The van der Waals surface area contributed by atoms with Crippen molar-refractivity contribution in [3.05, 3.63) is 53.6 Å². The minimum atomic E-state index is -0.302. The van der Waals surface area contributed by atoms with E-state index >= 15 is 0 Å². The summed E-state index contributed by atoms with van der Waals surface area (Å²) in [4.78, 5) is 38.7. The molecule has 4 rings (SSSR count). The van der Waals surface area contributed by atoms with Crippen LogP contribution in [-0.2, 0) is 4.79 Å². The fourth-order valence-corrected chi connectivity index (χ4v) is 3.15. The zero-order valence-corrected chi connectivity index (χ0v) is 15.6. The Morgan fingerprint density at radius 2 is 1.86 bits per heavy atom. The average Bonchev–Trinajstić information content (AvgIpc) is 3.51. The molecule has 2 aliphatic rings. The van der Waals surface area contributed by atoms with Crippen LogP contribution in [0.2, 0.25) is 0 Å². The third-order valence-electron chi connectivity index (χ3n) is 4.91. The summed E-state index contributed by atoms with van der Waals surface area (Å²) in [5.41, 5.74) is 2.99. The molecule has 2 aromatic carbocycles. The van der Waals surface area contributed by atoms with Gasteiger partial charge in [0.05, 0.1) is 11.4 Å². The van der Waals surface area contributed by atoms with Gasteiger partial charge in [-0.15, -0.1) is 0 Å². The van der Waals surface area contributed by atoms with E-state index in [4.69, 9.17) is 0 Å². The van der Waals surface area contributed by atoms with Crippen molar-refractivity contribution >= 4 is 34.8 Å². The molecule has 1 fully saturated rings. The highest BCUT2D eigenvalue weighted by Gasteiger charge is 2.24. The fourth-order valence-electron chi connectivity index (χ4n) is 3.15. The topological polar surface area (TPSA) is 90.5 Å². The van der Waals surface area contributed by atoms with Gasteiger partial charge in [0.25, 0.3) is 11.8 Å². The Bertz CT molecular complexity index is 952. The lowest BCUT2D eigenvalue weighted by Gasteiger charge is -2.18. The molecule has 0 bridgehead atoms. The van der Waals surface area contributed by atoms with Crippen LogP contribution in [0.15, 0.2) is 42.5 Å². The molecule has 0 saturated heterocycles. The van der Waals surface area contributed by atoms with Crippen LogP contribution >= 0.6 is 0 Å². The van der Waals surface area contributed by atoms with Crippen molar-refractivity contribution < 1.29 is 14.4 Å². The molecule has 1 aliphatic carbocycles. The Morgan fingerprint density at radius 3 is 2.64 bits per heavy atom. The molecule has 0 unspecified atom stereocenters. The second kappa shape index (κ2) is 7.34. The first-order valence-corrected chi connectivity index (χ1v) is 9.37. The van der Waals surface area contributed by atoms with Crippen molar-refractivity contribution in [1.29, 1.82) is 0 Å². The molecule has 1 aliphatic heterocycles. The number of carbonyl (C=O) groups is 3. The van der Waals surface area contributed by atoms with Crippen LogP contribution in [0, 0.1) is 0 Å². The van der Waals surface area contributed by atoms with E-state index in [1.54, 1.807) is 36.4 Å². The van der Waals surface area contributed by atoms with Crippen LogP contribution in [0.5, 0.6) is 0 Å². The first kappa shape index (κ1) is 18.0. The van der Waals surface area contributed by atoms with E-state index in [0.717, 1.165) is 18.5 Å². The van der Waals surface area contributed by atoms with E-state index in [-0.39, 0.29) is 23.8 Å².